The highest BCUT2D eigenvalue weighted by atomic mass is 16.6. The Kier molecular flexibility index (Phi) is 6.45. The number of nitrogens with zero attached hydrogens (tertiary/aromatic N) is 2. The van der Waals surface area contributed by atoms with Gasteiger partial charge in [0, 0.05) is 30.9 Å². The second-order valence-electron chi connectivity index (χ2n) is 4.22. The fourth-order valence-corrected chi connectivity index (χ4v) is 1.74. The highest BCUT2D eigenvalue weighted by Gasteiger charge is 2.08. The third-order valence-corrected chi connectivity index (χ3v) is 2.92. The first-order chi connectivity index (χ1) is 9.56. The number of anilines is 1. The molecule has 0 unspecified atom stereocenters. The summed E-state index contributed by atoms with van der Waals surface area (Å²) in [6.45, 7) is 7.30. The summed E-state index contributed by atoms with van der Waals surface area (Å²) in [5.41, 5.74) is 0.352. The van der Waals surface area contributed by atoms with E-state index in [0.29, 0.717) is 12.2 Å². The second kappa shape index (κ2) is 8.11. The van der Waals surface area contributed by atoms with Gasteiger partial charge in [0.15, 0.2) is 0 Å². The van der Waals surface area contributed by atoms with Crippen molar-refractivity contribution >= 4 is 17.4 Å². The van der Waals surface area contributed by atoms with E-state index in [4.69, 9.17) is 0 Å². The lowest BCUT2D eigenvalue weighted by molar-refractivity contribution is -0.384. The number of rotatable bonds is 7. The molecular weight excluding hydrogens is 260 g/mol. The molecule has 20 heavy (non-hydrogen) atoms. The Hall–Kier alpha value is -2.15. The van der Waals surface area contributed by atoms with Crippen molar-refractivity contribution in [1.82, 2.24) is 10.2 Å². The maximum Gasteiger partial charge on any atom is 0.319 e. The molecule has 0 aliphatic carbocycles. The highest BCUT2D eigenvalue weighted by molar-refractivity contribution is 5.89. The van der Waals surface area contributed by atoms with Gasteiger partial charge >= 0.3 is 6.03 Å². The highest BCUT2D eigenvalue weighted by Crippen LogP contribution is 2.16. The molecule has 0 aromatic heterocycles. The Balaban J connectivity index is 2.42. The summed E-state index contributed by atoms with van der Waals surface area (Å²) in [5, 5.41) is 15.9. The molecule has 0 bridgehead atoms. The van der Waals surface area contributed by atoms with Crippen molar-refractivity contribution in [2.24, 2.45) is 0 Å². The van der Waals surface area contributed by atoms with E-state index in [-0.39, 0.29) is 11.7 Å². The molecule has 0 aliphatic rings. The summed E-state index contributed by atoms with van der Waals surface area (Å²) in [5.74, 6) is 0. The van der Waals surface area contributed by atoms with Gasteiger partial charge in [-0.1, -0.05) is 19.9 Å². The predicted octanol–water partition coefficient (Wildman–Crippen LogP) is 2.06. The van der Waals surface area contributed by atoms with E-state index < -0.39 is 4.92 Å². The Bertz CT molecular complexity index is 461. The predicted molar refractivity (Wildman–Crippen MR) is 77.9 cm³/mol. The van der Waals surface area contributed by atoms with E-state index in [9.17, 15) is 14.9 Å². The third-order valence-electron chi connectivity index (χ3n) is 2.92. The molecule has 110 valence electrons. The quantitative estimate of drug-likeness (QED) is 0.591. The number of carbonyl (C=O) groups is 1. The van der Waals surface area contributed by atoms with Gasteiger partial charge in [0.2, 0.25) is 0 Å². The van der Waals surface area contributed by atoms with Crippen LogP contribution in [0.1, 0.15) is 13.8 Å². The van der Waals surface area contributed by atoms with Gasteiger partial charge in [-0.3, -0.25) is 10.1 Å². The fraction of sp³-hybridized carbons (Fsp3) is 0.462. The average molecular weight is 280 g/mol. The summed E-state index contributed by atoms with van der Waals surface area (Å²) in [4.78, 5) is 24.0. The molecule has 1 aromatic carbocycles. The monoisotopic (exact) mass is 280 g/mol. The zero-order valence-corrected chi connectivity index (χ0v) is 11.8. The standard InChI is InChI=1S/C13H20N4O3/c1-3-16(4-2)9-8-14-13(18)15-11-6-5-7-12(10-11)17(19)20/h5-7,10H,3-4,8-9H2,1-2H3,(H2,14,15,18). The second-order valence-corrected chi connectivity index (χ2v) is 4.22. The number of amides is 2. The molecule has 0 radical (unpaired) electrons. The zero-order valence-electron chi connectivity index (χ0n) is 11.8. The number of nitrogens with one attached hydrogen (secondary N) is 2. The van der Waals surface area contributed by atoms with Gasteiger partial charge in [-0.25, -0.2) is 4.79 Å². The van der Waals surface area contributed by atoms with Crippen LogP contribution >= 0.6 is 0 Å². The lowest BCUT2D eigenvalue weighted by atomic mass is 10.3. The minimum Gasteiger partial charge on any atom is -0.337 e. The van der Waals surface area contributed by atoms with Gasteiger partial charge in [-0.05, 0) is 19.2 Å². The van der Waals surface area contributed by atoms with Crippen molar-refractivity contribution in [1.29, 1.82) is 0 Å². The number of hydrogen-bond acceptors (Lipinski definition) is 4. The van der Waals surface area contributed by atoms with E-state index in [2.05, 4.69) is 29.4 Å². The molecule has 0 atom stereocenters. The Morgan fingerprint density at radius 3 is 2.65 bits per heavy atom. The summed E-state index contributed by atoms with van der Waals surface area (Å²) in [6.07, 6.45) is 0. The van der Waals surface area contributed by atoms with Gasteiger partial charge in [0.1, 0.15) is 0 Å². The van der Waals surface area contributed by atoms with Gasteiger partial charge in [0.25, 0.3) is 5.69 Å². The third kappa shape index (κ3) is 5.23. The van der Waals surface area contributed by atoms with Crippen molar-refractivity contribution in [2.75, 3.05) is 31.5 Å². The van der Waals surface area contributed by atoms with Crippen LogP contribution in [0.25, 0.3) is 0 Å². The number of hydrogen-bond donors (Lipinski definition) is 2. The first kappa shape index (κ1) is 15.9. The van der Waals surface area contributed by atoms with Crippen LogP contribution in [0.15, 0.2) is 24.3 Å². The van der Waals surface area contributed by atoms with E-state index >= 15 is 0 Å². The lowest BCUT2D eigenvalue weighted by Gasteiger charge is -2.18. The minimum atomic E-state index is -0.497. The topological polar surface area (TPSA) is 87.5 Å². The van der Waals surface area contributed by atoms with Crippen LogP contribution in [0.4, 0.5) is 16.2 Å². The molecule has 0 aliphatic heterocycles. The molecule has 2 N–H and O–H groups in total. The molecule has 0 heterocycles. The van der Waals surface area contributed by atoms with Crippen molar-refractivity contribution in [3.05, 3.63) is 34.4 Å². The molecule has 7 nitrogen and oxygen atoms in total. The Labute approximate surface area is 118 Å². The fourth-order valence-electron chi connectivity index (χ4n) is 1.74. The average Bonchev–Trinajstić information content (AvgIpc) is 2.44. The van der Waals surface area contributed by atoms with Crippen LogP contribution in [-0.4, -0.2) is 42.0 Å². The number of nitro groups is 1. The summed E-state index contributed by atoms with van der Waals surface area (Å²) in [6, 6.07) is 5.48. The van der Waals surface area contributed by atoms with Gasteiger partial charge in [-0.15, -0.1) is 0 Å². The summed E-state index contributed by atoms with van der Waals surface area (Å²) in [7, 11) is 0. The summed E-state index contributed by atoms with van der Waals surface area (Å²) < 4.78 is 0. The molecule has 0 saturated carbocycles. The largest absolute Gasteiger partial charge is 0.337 e. The number of likely N-dealkylation sites (N-methyl/N-ethyl adjacent to an activating group) is 1. The number of carbonyl (C=O) groups excluding carboxylic acids is 1. The first-order valence-corrected chi connectivity index (χ1v) is 6.58. The van der Waals surface area contributed by atoms with E-state index in [0.717, 1.165) is 19.6 Å². The van der Waals surface area contributed by atoms with E-state index in [1.807, 2.05) is 0 Å². The zero-order chi connectivity index (χ0) is 15.0. The maximum absolute atomic E-state index is 11.6. The van der Waals surface area contributed by atoms with Crippen molar-refractivity contribution in [3.63, 3.8) is 0 Å². The van der Waals surface area contributed by atoms with E-state index in [1.165, 1.54) is 18.2 Å². The molecular formula is C13H20N4O3. The van der Waals surface area contributed by atoms with Gasteiger partial charge in [0.05, 0.1) is 4.92 Å². The van der Waals surface area contributed by atoms with Crippen LogP contribution in [0.2, 0.25) is 0 Å². The van der Waals surface area contributed by atoms with Crippen molar-refractivity contribution in [2.45, 2.75) is 13.8 Å². The number of urea groups is 1. The number of non-ortho nitro benzene ring substituents is 1. The Morgan fingerprint density at radius 1 is 1.35 bits per heavy atom. The number of benzene rings is 1. The summed E-state index contributed by atoms with van der Waals surface area (Å²) >= 11 is 0. The van der Waals surface area contributed by atoms with Gasteiger partial charge < -0.3 is 15.5 Å². The number of nitro benzene ring substituents is 1. The smallest absolute Gasteiger partial charge is 0.319 e. The maximum atomic E-state index is 11.6. The van der Waals surface area contributed by atoms with Crippen molar-refractivity contribution in [3.8, 4) is 0 Å². The first-order valence-electron chi connectivity index (χ1n) is 6.58. The van der Waals surface area contributed by atoms with Crippen molar-refractivity contribution < 1.29 is 9.72 Å². The van der Waals surface area contributed by atoms with Gasteiger partial charge in [-0.2, -0.15) is 0 Å². The van der Waals surface area contributed by atoms with Crippen LogP contribution in [0, 0.1) is 10.1 Å². The minimum absolute atomic E-state index is 0.0501. The van der Waals surface area contributed by atoms with Crippen LogP contribution < -0.4 is 10.6 Å². The molecule has 2 amide bonds. The normalized spacial score (nSPS) is 10.3. The lowest BCUT2D eigenvalue weighted by Crippen LogP contribution is -2.36. The Morgan fingerprint density at radius 2 is 2.05 bits per heavy atom. The molecule has 7 heteroatoms. The van der Waals surface area contributed by atoms with Crippen LogP contribution in [0.3, 0.4) is 0 Å². The molecule has 0 fully saturated rings. The molecule has 0 saturated heterocycles. The van der Waals surface area contributed by atoms with Crippen LogP contribution in [-0.2, 0) is 0 Å². The molecule has 1 rings (SSSR count). The van der Waals surface area contributed by atoms with E-state index in [1.54, 1.807) is 6.07 Å². The van der Waals surface area contributed by atoms with Crippen LogP contribution in [0.5, 0.6) is 0 Å². The SMILES string of the molecule is CCN(CC)CCNC(=O)Nc1cccc([N+](=O)[O-])c1. The molecule has 1 aromatic rings. The molecule has 0 spiro atoms.